The van der Waals surface area contributed by atoms with Crippen molar-refractivity contribution in [2.45, 2.75) is 42.7 Å². The summed E-state index contributed by atoms with van der Waals surface area (Å²) in [4.78, 5) is 13.4. The molecular formula is C28H32O13. The molecule has 1 aliphatic carbocycles. The lowest BCUT2D eigenvalue weighted by Crippen LogP contribution is -2.59. The molecule has 4 aliphatic rings. The van der Waals surface area contributed by atoms with Crippen molar-refractivity contribution < 1.29 is 63.1 Å². The molecule has 6 rings (SSSR count). The number of benzene rings is 2. The van der Waals surface area contributed by atoms with Crippen LogP contribution in [-0.2, 0) is 19.0 Å². The van der Waals surface area contributed by atoms with Gasteiger partial charge in [0.15, 0.2) is 29.3 Å². The summed E-state index contributed by atoms with van der Waals surface area (Å²) in [6.07, 6.45) is -8.26. The largest absolute Gasteiger partial charge is 0.493 e. The number of methoxy groups -OCH3 is 3. The summed E-state index contributed by atoms with van der Waals surface area (Å²) >= 11 is 0. The standard InChI is InChI=1S/C28H32O13/c1-34-17-4-11(5-18(35-2)26(17)36-3)20-12-6-15-16(39-10-38-15)7-13(12)25(14-9-37-27(33)21(14)20)41-28-24(32)23(31)22(30)19(8-29)40-28/h4-7,14,19-25,28-32H,8-10H2,1-3H3/t14-,19+,20+,21-,22-,23+,24+,25-,28-/m0/s1. The summed E-state index contributed by atoms with van der Waals surface area (Å²) in [6.45, 7) is -0.581. The second kappa shape index (κ2) is 10.8. The van der Waals surface area contributed by atoms with Gasteiger partial charge in [-0.15, -0.1) is 0 Å². The van der Waals surface area contributed by atoms with Crippen LogP contribution in [0.25, 0.3) is 0 Å². The minimum atomic E-state index is -1.63. The fourth-order valence-corrected chi connectivity index (χ4v) is 6.29. The molecule has 222 valence electrons. The van der Waals surface area contributed by atoms with Crippen molar-refractivity contribution in [3.05, 3.63) is 41.0 Å². The summed E-state index contributed by atoms with van der Waals surface area (Å²) in [5.41, 5.74) is 2.00. The molecule has 3 heterocycles. The van der Waals surface area contributed by atoms with E-state index in [2.05, 4.69) is 0 Å². The van der Waals surface area contributed by atoms with E-state index in [4.69, 9.17) is 37.9 Å². The third kappa shape index (κ3) is 4.44. The molecular weight excluding hydrogens is 544 g/mol. The molecule has 0 amide bonds. The van der Waals surface area contributed by atoms with Gasteiger partial charge in [0, 0.05) is 11.8 Å². The molecule has 2 saturated heterocycles. The molecule has 2 fully saturated rings. The van der Waals surface area contributed by atoms with Gasteiger partial charge in [-0.2, -0.15) is 0 Å². The lowest BCUT2D eigenvalue weighted by molar-refractivity contribution is -0.317. The van der Waals surface area contributed by atoms with Crippen molar-refractivity contribution in [1.29, 1.82) is 0 Å². The van der Waals surface area contributed by atoms with Crippen LogP contribution in [0.1, 0.15) is 28.7 Å². The molecule has 0 unspecified atom stereocenters. The zero-order chi connectivity index (χ0) is 29.0. The van der Waals surface area contributed by atoms with E-state index >= 15 is 0 Å². The van der Waals surface area contributed by atoms with Crippen molar-refractivity contribution in [2.24, 2.45) is 11.8 Å². The highest BCUT2D eigenvalue weighted by Gasteiger charge is 2.55. The minimum absolute atomic E-state index is 0.0141. The molecule has 0 radical (unpaired) electrons. The van der Waals surface area contributed by atoms with Crippen LogP contribution in [-0.4, -0.2) is 98.4 Å². The first kappa shape index (κ1) is 27.8. The molecule has 9 atom stereocenters. The third-order valence-electron chi connectivity index (χ3n) is 8.29. The second-order valence-electron chi connectivity index (χ2n) is 10.3. The van der Waals surface area contributed by atoms with Crippen molar-refractivity contribution in [2.75, 3.05) is 41.3 Å². The zero-order valence-electron chi connectivity index (χ0n) is 22.6. The number of carbonyl (C=O) groups excluding carboxylic acids is 1. The fraction of sp³-hybridized carbons (Fsp3) is 0.536. The van der Waals surface area contributed by atoms with Gasteiger partial charge in [-0.05, 0) is 41.0 Å². The number of carbonyl (C=O) groups is 1. The molecule has 3 aliphatic heterocycles. The normalized spacial score (nSPS) is 33.5. The Morgan fingerprint density at radius 2 is 1.51 bits per heavy atom. The van der Waals surface area contributed by atoms with Gasteiger partial charge in [-0.1, -0.05) is 0 Å². The van der Waals surface area contributed by atoms with Gasteiger partial charge in [0.05, 0.1) is 46.6 Å². The Bertz CT molecular complexity index is 1290. The van der Waals surface area contributed by atoms with Crippen molar-refractivity contribution in [1.82, 2.24) is 0 Å². The van der Waals surface area contributed by atoms with Gasteiger partial charge in [0.1, 0.15) is 24.4 Å². The van der Waals surface area contributed by atoms with E-state index < -0.39 is 67.1 Å². The SMILES string of the molecule is COc1cc([C@@H]2c3cc4c(cc3[C@H](O[C@@H]3O[C@H](CO)[C@H](O)[C@@H](O)[C@H]3O)[C@H]3COC(=O)[C@H]23)OCO4)cc(OC)c1OC. The fourth-order valence-electron chi connectivity index (χ4n) is 6.29. The highest BCUT2D eigenvalue weighted by Crippen LogP contribution is 2.57. The van der Waals surface area contributed by atoms with Gasteiger partial charge in [0.2, 0.25) is 12.5 Å². The Kier molecular flexibility index (Phi) is 7.34. The van der Waals surface area contributed by atoms with Crippen molar-refractivity contribution in [3.63, 3.8) is 0 Å². The predicted octanol–water partition coefficient (Wildman–Crippen LogP) is 0.233. The Morgan fingerprint density at radius 3 is 2.12 bits per heavy atom. The highest BCUT2D eigenvalue weighted by molar-refractivity contribution is 5.79. The van der Waals surface area contributed by atoms with Gasteiger partial charge in [-0.3, -0.25) is 4.79 Å². The first-order valence-electron chi connectivity index (χ1n) is 13.2. The summed E-state index contributed by atoms with van der Waals surface area (Å²) in [7, 11) is 4.51. The van der Waals surface area contributed by atoms with Crippen LogP contribution in [0.15, 0.2) is 24.3 Å². The quantitative estimate of drug-likeness (QED) is 0.331. The van der Waals surface area contributed by atoms with Gasteiger partial charge < -0.3 is 58.3 Å². The van der Waals surface area contributed by atoms with Gasteiger partial charge in [-0.25, -0.2) is 0 Å². The van der Waals surface area contributed by atoms with E-state index in [1.807, 2.05) is 0 Å². The van der Waals surface area contributed by atoms with E-state index in [9.17, 15) is 25.2 Å². The van der Waals surface area contributed by atoms with E-state index in [0.29, 0.717) is 45.4 Å². The Labute approximate surface area is 235 Å². The number of fused-ring (bicyclic) bond motifs is 3. The Morgan fingerprint density at radius 1 is 0.854 bits per heavy atom. The van der Waals surface area contributed by atoms with E-state index in [-0.39, 0.29) is 13.4 Å². The molecule has 13 nitrogen and oxygen atoms in total. The number of aliphatic hydroxyl groups excluding tert-OH is 4. The Hall–Kier alpha value is -3.33. The second-order valence-corrected chi connectivity index (χ2v) is 10.3. The molecule has 2 aromatic rings. The van der Waals surface area contributed by atoms with E-state index in [1.165, 1.54) is 21.3 Å². The number of hydrogen-bond acceptors (Lipinski definition) is 13. The molecule has 0 spiro atoms. The van der Waals surface area contributed by atoms with Crippen molar-refractivity contribution >= 4 is 5.97 Å². The van der Waals surface area contributed by atoms with Crippen LogP contribution in [0, 0.1) is 11.8 Å². The smallest absolute Gasteiger partial charge is 0.310 e. The first-order valence-corrected chi connectivity index (χ1v) is 13.2. The van der Waals surface area contributed by atoms with Gasteiger partial charge in [0.25, 0.3) is 0 Å². The number of rotatable bonds is 7. The number of aliphatic hydroxyl groups is 4. The molecule has 0 bridgehead atoms. The summed E-state index contributed by atoms with van der Waals surface area (Å²) in [5.74, 6) is -0.112. The summed E-state index contributed by atoms with van der Waals surface area (Å²) < 4.78 is 45.5. The number of hydrogen-bond donors (Lipinski definition) is 4. The molecule has 0 saturated carbocycles. The maximum Gasteiger partial charge on any atom is 0.310 e. The number of esters is 1. The molecule has 4 N–H and O–H groups in total. The minimum Gasteiger partial charge on any atom is -0.493 e. The molecule has 0 aromatic heterocycles. The lowest BCUT2D eigenvalue weighted by atomic mass is 9.66. The van der Waals surface area contributed by atoms with Crippen LogP contribution in [0.5, 0.6) is 28.7 Å². The molecule has 2 aromatic carbocycles. The average molecular weight is 577 g/mol. The van der Waals surface area contributed by atoms with Crippen molar-refractivity contribution in [3.8, 4) is 28.7 Å². The predicted molar refractivity (Wildman–Crippen MR) is 136 cm³/mol. The number of cyclic esters (lactones) is 1. The zero-order valence-corrected chi connectivity index (χ0v) is 22.6. The maximum absolute atomic E-state index is 13.4. The molecule has 13 heteroatoms. The third-order valence-corrected chi connectivity index (χ3v) is 8.29. The number of ether oxygens (including phenoxy) is 8. The van der Waals surface area contributed by atoms with E-state index in [1.54, 1.807) is 24.3 Å². The van der Waals surface area contributed by atoms with Crippen LogP contribution >= 0.6 is 0 Å². The topological polar surface area (TPSA) is 172 Å². The summed E-state index contributed by atoms with van der Waals surface area (Å²) in [5, 5.41) is 41.0. The first-order chi connectivity index (χ1) is 19.8. The van der Waals surface area contributed by atoms with Crippen LogP contribution in [0.2, 0.25) is 0 Å². The molecule has 41 heavy (non-hydrogen) atoms. The maximum atomic E-state index is 13.4. The van der Waals surface area contributed by atoms with E-state index in [0.717, 1.165) is 0 Å². The highest BCUT2D eigenvalue weighted by atomic mass is 16.7. The monoisotopic (exact) mass is 576 g/mol. The van der Waals surface area contributed by atoms with Crippen LogP contribution in [0.4, 0.5) is 0 Å². The average Bonchev–Trinajstić information content (AvgIpc) is 3.61. The van der Waals surface area contributed by atoms with Crippen LogP contribution < -0.4 is 23.7 Å². The Balaban J connectivity index is 1.49. The van der Waals surface area contributed by atoms with Gasteiger partial charge >= 0.3 is 5.97 Å². The lowest BCUT2D eigenvalue weighted by Gasteiger charge is -2.44. The summed E-state index contributed by atoms with van der Waals surface area (Å²) in [6, 6.07) is 7.11. The van der Waals surface area contributed by atoms with Crippen LogP contribution in [0.3, 0.4) is 0 Å².